The van der Waals surface area contributed by atoms with Gasteiger partial charge in [0.05, 0.1) is 11.7 Å². The van der Waals surface area contributed by atoms with E-state index in [-0.39, 0.29) is 11.7 Å². The van der Waals surface area contributed by atoms with Crippen LogP contribution >= 0.6 is 0 Å². The van der Waals surface area contributed by atoms with E-state index in [1.54, 1.807) is 0 Å². The van der Waals surface area contributed by atoms with Crippen LogP contribution in [0.3, 0.4) is 0 Å². The van der Waals surface area contributed by atoms with E-state index in [1.165, 1.54) is 0 Å². The van der Waals surface area contributed by atoms with E-state index in [1.807, 2.05) is 13.8 Å². The second-order valence-electron chi connectivity index (χ2n) is 3.81. The topological polar surface area (TPSA) is 26.3 Å². The third-order valence-electron chi connectivity index (χ3n) is 2.43. The Morgan fingerprint density at radius 3 is 2.92 bits per heavy atom. The maximum absolute atomic E-state index is 10.3. The van der Waals surface area contributed by atoms with Crippen LogP contribution in [0.25, 0.3) is 0 Å². The van der Waals surface area contributed by atoms with Gasteiger partial charge in [-0.1, -0.05) is 12.2 Å². The Morgan fingerprint density at radius 2 is 2.50 bits per heavy atom. The molecule has 0 N–H and O–H groups in total. The lowest BCUT2D eigenvalue weighted by molar-refractivity contribution is -0.113. The SMILES string of the molecule is C=C(C)C1CCC(C)(CC=O)O1. The highest BCUT2D eigenvalue weighted by atomic mass is 16.5. The van der Waals surface area contributed by atoms with Gasteiger partial charge in [-0.15, -0.1) is 0 Å². The minimum absolute atomic E-state index is 0.162. The molecule has 2 heteroatoms. The van der Waals surface area contributed by atoms with Crippen molar-refractivity contribution in [1.82, 2.24) is 0 Å². The van der Waals surface area contributed by atoms with Crippen molar-refractivity contribution in [3.8, 4) is 0 Å². The van der Waals surface area contributed by atoms with Crippen molar-refractivity contribution >= 4 is 6.29 Å². The van der Waals surface area contributed by atoms with E-state index in [0.717, 1.165) is 24.7 Å². The molecular formula is C10H16O2. The molecule has 0 aromatic rings. The van der Waals surface area contributed by atoms with Crippen LogP contribution in [0.1, 0.15) is 33.1 Å². The zero-order chi connectivity index (χ0) is 9.19. The van der Waals surface area contributed by atoms with Crippen molar-refractivity contribution in [3.05, 3.63) is 12.2 Å². The van der Waals surface area contributed by atoms with Gasteiger partial charge in [0.1, 0.15) is 6.29 Å². The fourth-order valence-corrected chi connectivity index (χ4v) is 1.57. The first-order valence-electron chi connectivity index (χ1n) is 4.34. The number of aldehydes is 1. The number of rotatable bonds is 3. The first-order valence-corrected chi connectivity index (χ1v) is 4.34. The Hall–Kier alpha value is -0.630. The second-order valence-corrected chi connectivity index (χ2v) is 3.81. The molecule has 1 heterocycles. The Balaban J connectivity index is 2.54. The van der Waals surface area contributed by atoms with Crippen LogP contribution in [0.15, 0.2) is 12.2 Å². The third-order valence-corrected chi connectivity index (χ3v) is 2.43. The van der Waals surface area contributed by atoms with E-state index < -0.39 is 0 Å². The monoisotopic (exact) mass is 168 g/mol. The summed E-state index contributed by atoms with van der Waals surface area (Å²) in [5, 5.41) is 0. The van der Waals surface area contributed by atoms with Crippen LogP contribution < -0.4 is 0 Å². The molecule has 68 valence electrons. The molecule has 0 amide bonds. The lowest BCUT2D eigenvalue weighted by atomic mass is 9.98. The molecule has 0 spiro atoms. The van der Waals surface area contributed by atoms with Gasteiger partial charge in [-0.3, -0.25) is 0 Å². The van der Waals surface area contributed by atoms with Crippen molar-refractivity contribution in [3.63, 3.8) is 0 Å². The smallest absolute Gasteiger partial charge is 0.122 e. The van der Waals surface area contributed by atoms with Crippen LogP contribution in [0.2, 0.25) is 0 Å². The Morgan fingerprint density at radius 1 is 1.83 bits per heavy atom. The number of carbonyl (C=O) groups is 1. The minimum Gasteiger partial charge on any atom is -0.367 e. The van der Waals surface area contributed by atoms with E-state index >= 15 is 0 Å². The normalized spacial score (nSPS) is 35.0. The summed E-state index contributed by atoms with van der Waals surface area (Å²) in [6, 6.07) is 0. The largest absolute Gasteiger partial charge is 0.367 e. The lowest BCUT2D eigenvalue weighted by Gasteiger charge is -2.22. The highest BCUT2D eigenvalue weighted by molar-refractivity contribution is 5.51. The van der Waals surface area contributed by atoms with Gasteiger partial charge < -0.3 is 9.53 Å². The van der Waals surface area contributed by atoms with E-state index in [9.17, 15) is 4.79 Å². The number of hydrogen-bond donors (Lipinski definition) is 0. The van der Waals surface area contributed by atoms with E-state index in [0.29, 0.717) is 6.42 Å². The molecule has 0 radical (unpaired) electrons. The van der Waals surface area contributed by atoms with Crippen LogP contribution in [0, 0.1) is 0 Å². The average Bonchev–Trinajstić information content (AvgIpc) is 2.33. The van der Waals surface area contributed by atoms with Crippen molar-refractivity contribution in [2.24, 2.45) is 0 Å². The van der Waals surface area contributed by atoms with Gasteiger partial charge >= 0.3 is 0 Å². The summed E-state index contributed by atoms with van der Waals surface area (Å²) in [6.07, 6.45) is 3.55. The third kappa shape index (κ3) is 1.95. The second kappa shape index (κ2) is 3.40. The minimum atomic E-state index is -0.231. The molecule has 0 bridgehead atoms. The summed E-state index contributed by atoms with van der Waals surface area (Å²) in [6.45, 7) is 7.81. The molecule has 0 aliphatic carbocycles. The van der Waals surface area contributed by atoms with Gasteiger partial charge in [-0.2, -0.15) is 0 Å². The molecule has 1 aliphatic heterocycles. The standard InChI is InChI=1S/C10H16O2/c1-8(2)9-4-5-10(3,12-9)6-7-11/h7,9H,1,4-6H2,2-3H3. The van der Waals surface area contributed by atoms with Crippen molar-refractivity contribution in [2.45, 2.75) is 44.8 Å². The number of hydrogen-bond acceptors (Lipinski definition) is 2. The molecule has 2 nitrogen and oxygen atoms in total. The fourth-order valence-electron chi connectivity index (χ4n) is 1.57. The molecule has 1 saturated heterocycles. The highest BCUT2D eigenvalue weighted by Gasteiger charge is 2.35. The van der Waals surface area contributed by atoms with Crippen LogP contribution in [-0.2, 0) is 9.53 Å². The maximum Gasteiger partial charge on any atom is 0.122 e. The molecule has 1 fully saturated rings. The van der Waals surface area contributed by atoms with Gasteiger partial charge in [0, 0.05) is 6.42 Å². The van der Waals surface area contributed by atoms with Crippen molar-refractivity contribution in [2.75, 3.05) is 0 Å². The molecule has 1 aliphatic rings. The summed E-state index contributed by atoms with van der Waals surface area (Å²) in [5.41, 5.74) is 0.829. The summed E-state index contributed by atoms with van der Waals surface area (Å²) in [5.74, 6) is 0. The maximum atomic E-state index is 10.3. The highest BCUT2D eigenvalue weighted by Crippen LogP contribution is 2.34. The number of carbonyl (C=O) groups excluding carboxylic acids is 1. The zero-order valence-electron chi connectivity index (χ0n) is 7.80. The molecule has 12 heavy (non-hydrogen) atoms. The van der Waals surface area contributed by atoms with Crippen molar-refractivity contribution < 1.29 is 9.53 Å². The quantitative estimate of drug-likeness (QED) is 0.476. The molecule has 0 aromatic carbocycles. The van der Waals surface area contributed by atoms with Gasteiger partial charge in [0.25, 0.3) is 0 Å². The predicted octanol–water partition coefficient (Wildman–Crippen LogP) is 2.09. The zero-order valence-corrected chi connectivity index (χ0v) is 7.80. The lowest BCUT2D eigenvalue weighted by Crippen LogP contribution is -2.25. The van der Waals surface area contributed by atoms with Crippen molar-refractivity contribution in [1.29, 1.82) is 0 Å². The summed E-state index contributed by atoms with van der Waals surface area (Å²) >= 11 is 0. The molecule has 0 aromatic heterocycles. The van der Waals surface area contributed by atoms with E-state index in [2.05, 4.69) is 6.58 Å². The summed E-state index contributed by atoms with van der Waals surface area (Å²) in [4.78, 5) is 10.3. The Kier molecular flexibility index (Phi) is 2.68. The van der Waals surface area contributed by atoms with Gasteiger partial charge in [0.2, 0.25) is 0 Å². The Labute approximate surface area is 73.6 Å². The molecule has 2 unspecified atom stereocenters. The Bertz CT molecular complexity index is 198. The molecule has 2 atom stereocenters. The number of ether oxygens (including phenoxy) is 1. The predicted molar refractivity (Wildman–Crippen MR) is 48.0 cm³/mol. The average molecular weight is 168 g/mol. The van der Waals surface area contributed by atoms with Crippen LogP contribution in [0.4, 0.5) is 0 Å². The molecular weight excluding hydrogens is 152 g/mol. The molecule has 1 rings (SSSR count). The van der Waals surface area contributed by atoms with Gasteiger partial charge in [-0.05, 0) is 26.7 Å². The first-order chi connectivity index (χ1) is 5.57. The fraction of sp³-hybridized carbons (Fsp3) is 0.700. The van der Waals surface area contributed by atoms with Gasteiger partial charge in [0.15, 0.2) is 0 Å². The van der Waals surface area contributed by atoms with E-state index in [4.69, 9.17) is 4.74 Å². The summed E-state index contributed by atoms with van der Waals surface area (Å²) in [7, 11) is 0. The molecule has 0 saturated carbocycles. The summed E-state index contributed by atoms with van der Waals surface area (Å²) < 4.78 is 5.72. The van der Waals surface area contributed by atoms with Crippen LogP contribution in [0.5, 0.6) is 0 Å². The first kappa shape index (κ1) is 9.46. The van der Waals surface area contributed by atoms with Gasteiger partial charge in [-0.25, -0.2) is 0 Å². The van der Waals surface area contributed by atoms with Crippen LogP contribution in [-0.4, -0.2) is 18.0 Å².